The third-order valence-electron chi connectivity index (χ3n) is 5.04. The fraction of sp³-hybridized carbons (Fsp3) is 0.318. The topological polar surface area (TPSA) is 69.7 Å². The molecule has 0 unspecified atom stereocenters. The molecule has 1 atom stereocenters. The second-order valence-electron chi connectivity index (χ2n) is 7.42. The second-order valence-corrected chi connectivity index (χ2v) is 7.42. The number of likely N-dealkylation sites (N-methyl/N-ethyl adjacent to an activating group) is 1. The largest absolute Gasteiger partial charge is 0.336 e. The van der Waals surface area contributed by atoms with Crippen LogP contribution in [0.3, 0.4) is 0 Å². The first kappa shape index (κ1) is 20.5. The fourth-order valence-electron chi connectivity index (χ4n) is 3.44. The van der Waals surface area contributed by atoms with E-state index in [1.807, 2.05) is 32.0 Å². The van der Waals surface area contributed by atoms with Crippen LogP contribution >= 0.6 is 0 Å². The van der Waals surface area contributed by atoms with Crippen LogP contribution in [0.5, 0.6) is 0 Å². The molecule has 1 N–H and O–H groups in total. The van der Waals surface area contributed by atoms with Crippen LogP contribution in [-0.2, 0) is 14.4 Å². The highest BCUT2D eigenvalue weighted by atomic mass is 19.1. The molecular formula is C22H24FN3O3. The highest BCUT2D eigenvalue weighted by Crippen LogP contribution is 2.28. The monoisotopic (exact) mass is 397 g/mol. The van der Waals surface area contributed by atoms with Gasteiger partial charge in [-0.1, -0.05) is 24.3 Å². The Hall–Kier alpha value is -3.22. The van der Waals surface area contributed by atoms with Crippen LogP contribution in [0.1, 0.15) is 17.5 Å². The zero-order chi connectivity index (χ0) is 21.1. The molecule has 1 heterocycles. The average Bonchev–Trinajstić information content (AvgIpc) is 3.05. The summed E-state index contributed by atoms with van der Waals surface area (Å²) in [6.45, 7) is 3.80. The van der Waals surface area contributed by atoms with E-state index in [2.05, 4.69) is 5.32 Å². The molecule has 0 radical (unpaired) electrons. The number of nitrogens with zero attached hydrogens (tertiary/aromatic N) is 2. The lowest BCUT2D eigenvalue weighted by atomic mass is 10.1. The molecule has 1 fully saturated rings. The molecular weight excluding hydrogens is 373 g/mol. The van der Waals surface area contributed by atoms with Gasteiger partial charge in [0, 0.05) is 25.7 Å². The Bertz CT molecular complexity index is 960. The second kappa shape index (κ2) is 8.43. The van der Waals surface area contributed by atoms with Gasteiger partial charge in [-0.25, -0.2) is 4.39 Å². The summed E-state index contributed by atoms with van der Waals surface area (Å²) in [6, 6.07) is 11.7. The van der Waals surface area contributed by atoms with Crippen molar-refractivity contribution in [1.29, 1.82) is 0 Å². The Morgan fingerprint density at radius 1 is 1.21 bits per heavy atom. The van der Waals surface area contributed by atoms with Crippen LogP contribution in [0.15, 0.2) is 42.5 Å². The lowest BCUT2D eigenvalue weighted by molar-refractivity contribution is -0.137. The van der Waals surface area contributed by atoms with E-state index in [-0.39, 0.29) is 42.9 Å². The number of halogens is 1. The average molecular weight is 397 g/mol. The van der Waals surface area contributed by atoms with Gasteiger partial charge in [-0.3, -0.25) is 14.4 Å². The molecule has 2 aromatic rings. The summed E-state index contributed by atoms with van der Waals surface area (Å²) in [7, 11) is 1.53. The zero-order valence-electron chi connectivity index (χ0n) is 16.7. The molecule has 1 aliphatic heterocycles. The highest BCUT2D eigenvalue weighted by Gasteiger charge is 2.37. The van der Waals surface area contributed by atoms with E-state index in [0.29, 0.717) is 5.69 Å². The van der Waals surface area contributed by atoms with Crippen LogP contribution in [0, 0.1) is 25.6 Å². The number of carbonyl (C=O) groups is 3. The number of nitrogens with one attached hydrogen (secondary N) is 1. The lowest BCUT2D eigenvalue weighted by Crippen LogP contribution is -2.39. The van der Waals surface area contributed by atoms with Crippen molar-refractivity contribution >= 4 is 29.1 Å². The van der Waals surface area contributed by atoms with E-state index in [1.54, 1.807) is 12.1 Å². The number of hydrogen-bond acceptors (Lipinski definition) is 3. The SMILES string of the molecule is Cc1ccc(C)c(NC(=O)CN(C)C(=O)[C@H]2CC(=O)N(c3ccccc3F)C2)c1. The van der Waals surface area contributed by atoms with Gasteiger partial charge in [0.15, 0.2) is 0 Å². The maximum Gasteiger partial charge on any atom is 0.243 e. The molecule has 0 spiro atoms. The third-order valence-corrected chi connectivity index (χ3v) is 5.04. The highest BCUT2D eigenvalue weighted by molar-refractivity contribution is 6.01. The minimum absolute atomic E-state index is 0.00385. The zero-order valence-corrected chi connectivity index (χ0v) is 16.7. The van der Waals surface area contributed by atoms with Gasteiger partial charge in [-0.15, -0.1) is 0 Å². The van der Waals surface area contributed by atoms with Crippen molar-refractivity contribution < 1.29 is 18.8 Å². The molecule has 0 aliphatic carbocycles. The lowest BCUT2D eigenvalue weighted by Gasteiger charge is -2.21. The van der Waals surface area contributed by atoms with E-state index in [9.17, 15) is 18.8 Å². The van der Waals surface area contributed by atoms with Crippen LogP contribution < -0.4 is 10.2 Å². The Morgan fingerprint density at radius 3 is 2.66 bits per heavy atom. The van der Waals surface area contributed by atoms with Crippen LogP contribution in [0.4, 0.5) is 15.8 Å². The number of amides is 3. The van der Waals surface area contributed by atoms with E-state index < -0.39 is 11.7 Å². The quantitative estimate of drug-likeness (QED) is 0.844. The smallest absolute Gasteiger partial charge is 0.243 e. The molecule has 29 heavy (non-hydrogen) atoms. The van der Waals surface area contributed by atoms with E-state index in [0.717, 1.165) is 11.1 Å². The number of carbonyl (C=O) groups excluding carboxylic acids is 3. The van der Waals surface area contributed by atoms with Crippen molar-refractivity contribution in [3.8, 4) is 0 Å². The summed E-state index contributed by atoms with van der Waals surface area (Å²) < 4.78 is 14.0. The van der Waals surface area contributed by atoms with Gasteiger partial charge in [-0.05, 0) is 43.2 Å². The number of benzene rings is 2. The summed E-state index contributed by atoms with van der Waals surface area (Å²) in [5, 5.41) is 2.82. The number of rotatable bonds is 5. The summed E-state index contributed by atoms with van der Waals surface area (Å²) in [4.78, 5) is 40.0. The van der Waals surface area contributed by atoms with Crippen molar-refractivity contribution in [2.45, 2.75) is 20.3 Å². The third kappa shape index (κ3) is 4.62. The van der Waals surface area contributed by atoms with Crippen molar-refractivity contribution in [1.82, 2.24) is 4.90 Å². The summed E-state index contributed by atoms with van der Waals surface area (Å²) in [5.74, 6) is -2.05. The minimum Gasteiger partial charge on any atom is -0.336 e. The van der Waals surface area contributed by atoms with Crippen molar-refractivity contribution in [3.63, 3.8) is 0 Å². The van der Waals surface area contributed by atoms with Crippen LogP contribution in [0.25, 0.3) is 0 Å². The Kier molecular flexibility index (Phi) is 5.96. The van der Waals surface area contributed by atoms with Crippen LogP contribution in [-0.4, -0.2) is 42.8 Å². The standard InChI is InChI=1S/C22H24FN3O3/c1-14-8-9-15(2)18(10-14)24-20(27)13-25(3)22(29)16-11-21(28)26(12-16)19-7-5-4-6-17(19)23/h4-10,16H,11-13H2,1-3H3,(H,24,27)/t16-/m0/s1. The maximum absolute atomic E-state index is 14.0. The van der Waals surface area contributed by atoms with Gasteiger partial charge < -0.3 is 15.1 Å². The first-order valence-corrected chi connectivity index (χ1v) is 9.43. The van der Waals surface area contributed by atoms with Gasteiger partial charge in [0.05, 0.1) is 18.2 Å². The number of anilines is 2. The molecule has 0 bridgehead atoms. The van der Waals surface area contributed by atoms with Gasteiger partial charge in [0.2, 0.25) is 17.7 Å². The molecule has 0 aromatic heterocycles. The molecule has 1 saturated heterocycles. The van der Waals surface area contributed by atoms with Crippen molar-refractivity contribution in [2.75, 3.05) is 30.4 Å². The minimum atomic E-state index is -0.611. The predicted molar refractivity (Wildman–Crippen MR) is 109 cm³/mol. The molecule has 1 aliphatic rings. The molecule has 0 saturated carbocycles. The Morgan fingerprint density at radius 2 is 1.93 bits per heavy atom. The molecule has 152 valence electrons. The Balaban J connectivity index is 1.61. The predicted octanol–water partition coefficient (Wildman–Crippen LogP) is 2.89. The van der Waals surface area contributed by atoms with E-state index >= 15 is 0 Å². The fourth-order valence-corrected chi connectivity index (χ4v) is 3.44. The first-order valence-electron chi connectivity index (χ1n) is 9.43. The number of aryl methyl sites for hydroxylation is 2. The number of para-hydroxylation sites is 1. The van der Waals surface area contributed by atoms with Crippen molar-refractivity contribution in [2.24, 2.45) is 5.92 Å². The number of hydrogen-bond donors (Lipinski definition) is 1. The molecule has 6 nitrogen and oxygen atoms in total. The summed E-state index contributed by atoms with van der Waals surface area (Å²) in [6.07, 6.45) is -0.00385. The molecule has 7 heteroatoms. The first-order chi connectivity index (χ1) is 13.8. The maximum atomic E-state index is 14.0. The summed E-state index contributed by atoms with van der Waals surface area (Å²) in [5.41, 5.74) is 2.83. The van der Waals surface area contributed by atoms with Crippen LogP contribution in [0.2, 0.25) is 0 Å². The normalized spacial score (nSPS) is 16.1. The van der Waals surface area contributed by atoms with Gasteiger partial charge in [0.25, 0.3) is 0 Å². The molecule has 3 rings (SSSR count). The Labute approximate surface area is 169 Å². The van der Waals surface area contributed by atoms with E-state index in [1.165, 1.54) is 29.0 Å². The molecule has 3 amide bonds. The van der Waals surface area contributed by atoms with Gasteiger partial charge >= 0.3 is 0 Å². The van der Waals surface area contributed by atoms with E-state index in [4.69, 9.17) is 0 Å². The summed E-state index contributed by atoms with van der Waals surface area (Å²) >= 11 is 0. The van der Waals surface area contributed by atoms with Gasteiger partial charge in [-0.2, -0.15) is 0 Å². The van der Waals surface area contributed by atoms with Crippen molar-refractivity contribution in [3.05, 3.63) is 59.4 Å². The van der Waals surface area contributed by atoms with Gasteiger partial charge in [0.1, 0.15) is 5.82 Å². The molecule has 2 aromatic carbocycles.